The van der Waals surface area contributed by atoms with E-state index in [1.54, 1.807) is 19.2 Å². The summed E-state index contributed by atoms with van der Waals surface area (Å²) in [6.45, 7) is 2.18. The quantitative estimate of drug-likeness (QED) is 0.545. The standard InChI is InChI=1S/C18H16N2O2/c1-2-22-18(21)8-6-14-5-7-17-15(12-14)9-11-20(17)16-4-3-10-19-13-16/h3-13H,2H2,1H3/b8-6+. The van der Waals surface area contributed by atoms with E-state index < -0.39 is 0 Å². The van der Waals surface area contributed by atoms with Gasteiger partial charge < -0.3 is 9.30 Å². The van der Waals surface area contributed by atoms with Gasteiger partial charge in [-0.1, -0.05) is 6.07 Å². The lowest BCUT2D eigenvalue weighted by Gasteiger charge is -2.04. The van der Waals surface area contributed by atoms with Gasteiger partial charge in [-0.25, -0.2) is 4.79 Å². The van der Waals surface area contributed by atoms with Crippen LogP contribution in [0.15, 0.2) is 61.1 Å². The fraction of sp³-hybridized carbons (Fsp3) is 0.111. The van der Waals surface area contributed by atoms with E-state index in [0.717, 1.165) is 22.2 Å². The first-order valence-corrected chi connectivity index (χ1v) is 7.14. The minimum Gasteiger partial charge on any atom is -0.463 e. The monoisotopic (exact) mass is 292 g/mol. The first-order chi connectivity index (χ1) is 10.8. The number of esters is 1. The molecule has 4 heteroatoms. The van der Waals surface area contributed by atoms with Crippen molar-refractivity contribution in [2.75, 3.05) is 6.61 Å². The fourth-order valence-corrected chi connectivity index (χ4v) is 2.34. The van der Waals surface area contributed by atoms with Crippen LogP contribution in [-0.4, -0.2) is 22.1 Å². The molecule has 0 saturated carbocycles. The van der Waals surface area contributed by atoms with E-state index in [-0.39, 0.29) is 5.97 Å². The molecule has 3 rings (SSSR count). The molecule has 0 fully saturated rings. The summed E-state index contributed by atoms with van der Waals surface area (Å²) in [5, 5.41) is 1.11. The van der Waals surface area contributed by atoms with Gasteiger partial charge in [-0.3, -0.25) is 4.98 Å². The zero-order valence-electron chi connectivity index (χ0n) is 12.3. The molecule has 2 heterocycles. The summed E-state index contributed by atoms with van der Waals surface area (Å²) < 4.78 is 6.96. The first-order valence-electron chi connectivity index (χ1n) is 7.14. The Morgan fingerprint density at radius 2 is 2.23 bits per heavy atom. The normalized spacial score (nSPS) is 11.1. The van der Waals surface area contributed by atoms with Gasteiger partial charge in [0.05, 0.1) is 24.0 Å². The number of benzene rings is 1. The van der Waals surface area contributed by atoms with E-state index in [2.05, 4.69) is 9.55 Å². The van der Waals surface area contributed by atoms with E-state index in [9.17, 15) is 4.79 Å². The molecule has 0 saturated heterocycles. The van der Waals surface area contributed by atoms with E-state index in [4.69, 9.17) is 4.74 Å². The summed E-state index contributed by atoms with van der Waals surface area (Å²) in [5.74, 6) is -0.324. The lowest BCUT2D eigenvalue weighted by molar-refractivity contribution is -0.137. The fourth-order valence-electron chi connectivity index (χ4n) is 2.34. The van der Waals surface area contributed by atoms with Crippen LogP contribution in [0.4, 0.5) is 0 Å². The summed E-state index contributed by atoms with van der Waals surface area (Å²) in [6.07, 6.45) is 8.81. The second-order valence-electron chi connectivity index (χ2n) is 4.80. The summed E-state index contributed by atoms with van der Waals surface area (Å²) in [7, 11) is 0. The van der Waals surface area contributed by atoms with Crippen molar-refractivity contribution in [2.45, 2.75) is 6.92 Å². The van der Waals surface area contributed by atoms with E-state index in [0.29, 0.717) is 6.61 Å². The first kappa shape index (κ1) is 14.1. The van der Waals surface area contributed by atoms with Gasteiger partial charge in [0.25, 0.3) is 0 Å². The zero-order valence-corrected chi connectivity index (χ0v) is 12.3. The molecule has 0 unspecified atom stereocenters. The molecule has 0 amide bonds. The van der Waals surface area contributed by atoms with E-state index >= 15 is 0 Å². The number of ether oxygens (including phenoxy) is 1. The Morgan fingerprint density at radius 1 is 1.32 bits per heavy atom. The van der Waals surface area contributed by atoms with Crippen molar-refractivity contribution in [1.82, 2.24) is 9.55 Å². The highest BCUT2D eigenvalue weighted by molar-refractivity contribution is 5.89. The van der Waals surface area contributed by atoms with Crippen molar-refractivity contribution in [3.05, 3.63) is 66.6 Å². The maximum Gasteiger partial charge on any atom is 0.330 e. The Morgan fingerprint density at radius 3 is 3.00 bits per heavy atom. The van der Waals surface area contributed by atoms with Gasteiger partial charge in [0.15, 0.2) is 0 Å². The average molecular weight is 292 g/mol. The third-order valence-electron chi connectivity index (χ3n) is 3.34. The van der Waals surface area contributed by atoms with Gasteiger partial charge in [0.1, 0.15) is 0 Å². The molecule has 0 atom stereocenters. The number of hydrogen-bond acceptors (Lipinski definition) is 3. The highest BCUT2D eigenvalue weighted by Crippen LogP contribution is 2.21. The SMILES string of the molecule is CCOC(=O)/C=C/c1ccc2c(ccn2-c2cccnc2)c1. The second kappa shape index (κ2) is 6.26. The van der Waals surface area contributed by atoms with Crippen LogP contribution in [0, 0.1) is 0 Å². The molecule has 0 N–H and O–H groups in total. The third kappa shape index (κ3) is 2.91. The molecule has 0 bridgehead atoms. The van der Waals surface area contributed by atoms with Crippen LogP contribution in [0.2, 0.25) is 0 Å². The molecule has 0 aliphatic heterocycles. The van der Waals surface area contributed by atoms with Crippen LogP contribution in [0.25, 0.3) is 22.7 Å². The van der Waals surface area contributed by atoms with Crippen LogP contribution in [0.3, 0.4) is 0 Å². The van der Waals surface area contributed by atoms with Gasteiger partial charge in [0, 0.05) is 23.9 Å². The number of carbonyl (C=O) groups excluding carboxylic acids is 1. The summed E-state index contributed by atoms with van der Waals surface area (Å²) in [6, 6.07) is 12.0. The van der Waals surface area contributed by atoms with Gasteiger partial charge in [-0.05, 0) is 48.9 Å². The van der Waals surface area contributed by atoms with Crippen molar-refractivity contribution in [2.24, 2.45) is 0 Å². The lowest BCUT2D eigenvalue weighted by Crippen LogP contribution is -1.98. The molecule has 2 aromatic heterocycles. The molecule has 1 aromatic carbocycles. The largest absolute Gasteiger partial charge is 0.463 e. The van der Waals surface area contributed by atoms with E-state index in [1.165, 1.54) is 6.08 Å². The third-order valence-corrected chi connectivity index (χ3v) is 3.34. The Hall–Kier alpha value is -2.88. The molecular weight excluding hydrogens is 276 g/mol. The highest BCUT2D eigenvalue weighted by atomic mass is 16.5. The molecule has 110 valence electrons. The van der Waals surface area contributed by atoms with Crippen molar-refractivity contribution in [3.63, 3.8) is 0 Å². The number of aromatic nitrogens is 2. The van der Waals surface area contributed by atoms with Gasteiger partial charge in [0.2, 0.25) is 0 Å². The number of fused-ring (bicyclic) bond motifs is 1. The summed E-state index contributed by atoms with van der Waals surface area (Å²) >= 11 is 0. The zero-order chi connectivity index (χ0) is 15.4. The Balaban J connectivity index is 1.91. The van der Waals surface area contributed by atoms with Crippen LogP contribution in [0.1, 0.15) is 12.5 Å². The van der Waals surface area contributed by atoms with Crippen molar-refractivity contribution >= 4 is 22.9 Å². The van der Waals surface area contributed by atoms with Gasteiger partial charge in [-0.15, -0.1) is 0 Å². The molecule has 0 spiro atoms. The van der Waals surface area contributed by atoms with Crippen molar-refractivity contribution < 1.29 is 9.53 Å². The van der Waals surface area contributed by atoms with Crippen LogP contribution in [-0.2, 0) is 9.53 Å². The average Bonchev–Trinajstić information content (AvgIpc) is 2.97. The van der Waals surface area contributed by atoms with Crippen molar-refractivity contribution in [1.29, 1.82) is 0 Å². The van der Waals surface area contributed by atoms with Gasteiger partial charge in [-0.2, -0.15) is 0 Å². The Labute approximate surface area is 128 Å². The number of carbonyl (C=O) groups is 1. The smallest absolute Gasteiger partial charge is 0.330 e. The lowest BCUT2D eigenvalue weighted by atomic mass is 10.1. The number of nitrogens with zero attached hydrogens (tertiary/aromatic N) is 2. The van der Waals surface area contributed by atoms with Crippen LogP contribution in [0.5, 0.6) is 0 Å². The number of hydrogen-bond donors (Lipinski definition) is 0. The predicted octanol–water partition coefficient (Wildman–Crippen LogP) is 3.60. The van der Waals surface area contributed by atoms with E-state index in [1.807, 2.05) is 48.8 Å². The maximum absolute atomic E-state index is 11.3. The van der Waals surface area contributed by atoms with Gasteiger partial charge >= 0.3 is 5.97 Å². The highest BCUT2D eigenvalue weighted by Gasteiger charge is 2.03. The van der Waals surface area contributed by atoms with Crippen LogP contribution < -0.4 is 0 Å². The Bertz CT molecular complexity index is 819. The molecule has 0 radical (unpaired) electrons. The molecular formula is C18H16N2O2. The number of pyridine rings is 1. The van der Waals surface area contributed by atoms with Crippen molar-refractivity contribution in [3.8, 4) is 5.69 Å². The molecule has 4 nitrogen and oxygen atoms in total. The Kier molecular flexibility index (Phi) is 4.01. The minimum atomic E-state index is -0.324. The summed E-state index contributed by atoms with van der Waals surface area (Å²) in [5.41, 5.74) is 3.08. The maximum atomic E-state index is 11.3. The molecule has 22 heavy (non-hydrogen) atoms. The topological polar surface area (TPSA) is 44.1 Å². The minimum absolute atomic E-state index is 0.324. The second-order valence-corrected chi connectivity index (χ2v) is 4.80. The number of rotatable bonds is 4. The molecule has 0 aliphatic rings. The summed E-state index contributed by atoms with van der Waals surface area (Å²) in [4.78, 5) is 15.5. The predicted molar refractivity (Wildman–Crippen MR) is 86.7 cm³/mol. The van der Waals surface area contributed by atoms with Crippen LogP contribution >= 0.6 is 0 Å². The molecule has 3 aromatic rings. The molecule has 0 aliphatic carbocycles.